The average molecular weight is 282 g/mol. The van der Waals surface area contributed by atoms with Gasteiger partial charge in [0.2, 0.25) is 11.9 Å². The Labute approximate surface area is 111 Å². The van der Waals surface area contributed by atoms with Crippen molar-refractivity contribution in [2.24, 2.45) is 0 Å². The molecule has 0 aliphatic heterocycles. The third-order valence-electron chi connectivity index (χ3n) is 1.90. The zero-order chi connectivity index (χ0) is 13.8. The summed E-state index contributed by atoms with van der Waals surface area (Å²) in [6, 6.07) is 0.118. The van der Waals surface area contributed by atoms with E-state index >= 15 is 0 Å². The van der Waals surface area contributed by atoms with Crippen LogP contribution in [0, 0.1) is 0 Å². The number of methoxy groups -OCH3 is 1. The molecule has 2 heterocycles. The fourth-order valence-corrected chi connectivity index (χ4v) is 1.89. The van der Waals surface area contributed by atoms with Gasteiger partial charge in [-0.1, -0.05) is 0 Å². The summed E-state index contributed by atoms with van der Waals surface area (Å²) < 4.78 is 4.76. The molecule has 2 amide bonds. The van der Waals surface area contributed by atoms with Gasteiger partial charge in [0.05, 0.1) is 7.11 Å². The third kappa shape index (κ3) is 3.25. The maximum atomic E-state index is 11.8. The van der Waals surface area contributed by atoms with Gasteiger partial charge in [0.25, 0.3) is 5.91 Å². The van der Waals surface area contributed by atoms with Crippen LogP contribution >= 0.6 is 11.3 Å². The Kier molecular flexibility index (Phi) is 3.71. The predicted molar refractivity (Wildman–Crippen MR) is 67.3 cm³/mol. The number of amides is 2. The zero-order valence-corrected chi connectivity index (χ0v) is 10.9. The smallest absolute Gasteiger partial charge is 0.336 e. The second kappa shape index (κ2) is 5.44. The van der Waals surface area contributed by atoms with Crippen molar-refractivity contribution in [2.75, 3.05) is 17.7 Å². The van der Waals surface area contributed by atoms with Crippen molar-refractivity contribution in [2.45, 2.75) is 6.92 Å². The molecular formula is C9H10N6O3S. The summed E-state index contributed by atoms with van der Waals surface area (Å²) in [7, 11) is 1.41. The molecule has 0 fully saturated rings. The monoisotopic (exact) mass is 282 g/mol. The van der Waals surface area contributed by atoms with Gasteiger partial charge in [0.15, 0.2) is 5.13 Å². The number of anilines is 2. The maximum absolute atomic E-state index is 11.8. The van der Waals surface area contributed by atoms with E-state index in [4.69, 9.17) is 4.74 Å². The van der Waals surface area contributed by atoms with Crippen molar-refractivity contribution in [1.29, 1.82) is 0 Å². The molecule has 3 N–H and O–H groups in total. The topological polar surface area (TPSA) is 122 Å². The second-order valence-corrected chi connectivity index (χ2v) is 4.20. The van der Waals surface area contributed by atoms with Crippen LogP contribution in [-0.2, 0) is 4.79 Å². The second-order valence-electron chi connectivity index (χ2n) is 3.34. The van der Waals surface area contributed by atoms with Gasteiger partial charge in [-0.05, 0) is 0 Å². The summed E-state index contributed by atoms with van der Waals surface area (Å²) in [6.45, 7) is 1.36. The van der Waals surface area contributed by atoms with E-state index in [-0.39, 0.29) is 23.6 Å². The number of carbonyl (C=O) groups excluding carboxylic acids is 2. The van der Waals surface area contributed by atoms with Crippen molar-refractivity contribution < 1.29 is 14.3 Å². The highest BCUT2D eigenvalue weighted by molar-refractivity contribution is 7.14. The molecule has 9 nitrogen and oxygen atoms in total. The maximum Gasteiger partial charge on any atom is 0.336 e. The lowest BCUT2D eigenvalue weighted by Gasteiger charge is -1.97. The number of rotatable bonds is 4. The number of nitrogens with zero attached hydrogens (tertiary/aromatic N) is 3. The van der Waals surface area contributed by atoms with E-state index in [0.717, 1.165) is 11.3 Å². The SMILES string of the molecule is COc1n[nH]c(NC(=O)c2csc(NC(C)=O)n2)n1. The van der Waals surface area contributed by atoms with Crippen molar-refractivity contribution >= 4 is 34.2 Å². The van der Waals surface area contributed by atoms with Crippen LogP contribution in [0.5, 0.6) is 6.01 Å². The number of carbonyl (C=O) groups is 2. The largest absolute Gasteiger partial charge is 0.466 e. The molecule has 0 atom stereocenters. The van der Waals surface area contributed by atoms with Gasteiger partial charge in [-0.3, -0.25) is 14.9 Å². The molecule has 2 rings (SSSR count). The molecule has 0 aliphatic rings. The lowest BCUT2D eigenvalue weighted by atomic mass is 10.4. The first kappa shape index (κ1) is 13.0. The van der Waals surface area contributed by atoms with Crippen LogP contribution in [0.25, 0.3) is 0 Å². The van der Waals surface area contributed by atoms with Crippen molar-refractivity contribution in [3.63, 3.8) is 0 Å². The standard InChI is InChI=1S/C9H10N6O3S/c1-4(16)10-9-11-5(3-19-9)6(17)12-7-13-8(18-2)15-14-7/h3H,1-2H3,(H,10,11,16)(H2,12,13,14,15,17). The predicted octanol–water partition coefficient (Wildman–Crippen LogP) is 0.480. The number of nitrogens with one attached hydrogen (secondary N) is 3. The minimum absolute atomic E-state index is 0.118. The molecule has 2 aromatic heterocycles. The Morgan fingerprint density at radius 3 is 2.79 bits per heavy atom. The number of hydrogen-bond donors (Lipinski definition) is 3. The lowest BCUT2D eigenvalue weighted by molar-refractivity contribution is -0.114. The summed E-state index contributed by atoms with van der Waals surface area (Å²) in [4.78, 5) is 30.4. The Balaban J connectivity index is 2.03. The first-order valence-corrected chi connectivity index (χ1v) is 5.97. The summed E-state index contributed by atoms with van der Waals surface area (Å²) in [5, 5.41) is 13.0. The molecule has 0 spiro atoms. The first-order valence-electron chi connectivity index (χ1n) is 5.09. The van der Waals surface area contributed by atoms with Gasteiger partial charge in [-0.2, -0.15) is 4.98 Å². The highest BCUT2D eigenvalue weighted by Gasteiger charge is 2.13. The van der Waals surface area contributed by atoms with E-state index in [2.05, 4.69) is 30.8 Å². The quantitative estimate of drug-likeness (QED) is 0.749. The third-order valence-corrected chi connectivity index (χ3v) is 2.66. The Hall–Kier alpha value is -2.49. The number of aromatic amines is 1. The average Bonchev–Trinajstić information content (AvgIpc) is 2.97. The molecule has 0 aliphatic carbocycles. The van der Waals surface area contributed by atoms with Crippen LogP contribution in [0.2, 0.25) is 0 Å². The molecule has 0 bridgehead atoms. The van der Waals surface area contributed by atoms with Gasteiger partial charge in [0, 0.05) is 12.3 Å². The normalized spacial score (nSPS) is 10.0. The first-order chi connectivity index (χ1) is 9.08. The van der Waals surface area contributed by atoms with Crippen LogP contribution in [-0.4, -0.2) is 39.1 Å². The number of hydrogen-bond acceptors (Lipinski definition) is 7. The molecule has 0 saturated heterocycles. The van der Waals surface area contributed by atoms with Crippen molar-refractivity contribution in [1.82, 2.24) is 20.2 Å². The fraction of sp³-hybridized carbons (Fsp3) is 0.222. The van der Waals surface area contributed by atoms with Crippen LogP contribution in [0.15, 0.2) is 5.38 Å². The molecule has 0 unspecified atom stereocenters. The zero-order valence-electron chi connectivity index (χ0n) is 10.1. The highest BCUT2D eigenvalue weighted by atomic mass is 32.1. The molecule has 19 heavy (non-hydrogen) atoms. The molecule has 0 aromatic carbocycles. The van der Waals surface area contributed by atoms with Gasteiger partial charge >= 0.3 is 6.01 Å². The van der Waals surface area contributed by atoms with Crippen LogP contribution < -0.4 is 15.4 Å². The van der Waals surface area contributed by atoms with Crippen molar-refractivity contribution in [3.8, 4) is 6.01 Å². The minimum Gasteiger partial charge on any atom is -0.466 e. The lowest BCUT2D eigenvalue weighted by Crippen LogP contribution is -2.14. The van der Waals surface area contributed by atoms with E-state index < -0.39 is 5.91 Å². The van der Waals surface area contributed by atoms with Crippen LogP contribution in [0.1, 0.15) is 17.4 Å². The minimum atomic E-state index is -0.466. The number of ether oxygens (including phenoxy) is 1. The Morgan fingerprint density at radius 2 is 2.16 bits per heavy atom. The fourth-order valence-electron chi connectivity index (χ4n) is 1.15. The van der Waals surface area contributed by atoms with Gasteiger partial charge in [0.1, 0.15) is 5.69 Å². The molecule has 2 aromatic rings. The summed E-state index contributed by atoms with van der Waals surface area (Å²) in [5.74, 6) is -0.566. The van der Waals surface area contributed by atoms with Gasteiger partial charge in [-0.15, -0.1) is 16.4 Å². The molecule has 100 valence electrons. The van der Waals surface area contributed by atoms with E-state index in [9.17, 15) is 9.59 Å². The van der Waals surface area contributed by atoms with E-state index in [0.29, 0.717) is 5.13 Å². The summed E-state index contributed by atoms with van der Waals surface area (Å²) in [5.41, 5.74) is 0.170. The highest BCUT2D eigenvalue weighted by Crippen LogP contribution is 2.16. The van der Waals surface area contributed by atoms with Gasteiger partial charge in [-0.25, -0.2) is 10.1 Å². The van der Waals surface area contributed by atoms with Crippen molar-refractivity contribution in [3.05, 3.63) is 11.1 Å². The van der Waals surface area contributed by atoms with Crippen LogP contribution in [0.4, 0.5) is 11.1 Å². The van der Waals surface area contributed by atoms with E-state index in [1.165, 1.54) is 19.4 Å². The Bertz CT molecular complexity index is 607. The summed E-state index contributed by atoms with van der Waals surface area (Å²) >= 11 is 1.15. The van der Waals surface area contributed by atoms with E-state index in [1.807, 2.05) is 0 Å². The number of aromatic nitrogens is 4. The van der Waals surface area contributed by atoms with Gasteiger partial charge < -0.3 is 10.1 Å². The molecule has 0 saturated carbocycles. The number of thiazole rings is 1. The Morgan fingerprint density at radius 1 is 1.37 bits per heavy atom. The van der Waals surface area contributed by atoms with E-state index in [1.54, 1.807) is 0 Å². The van der Waals surface area contributed by atoms with Crippen LogP contribution in [0.3, 0.4) is 0 Å². The molecule has 10 heteroatoms. The number of H-pyrrole nitrogens is 1. The molecular weight excluding hydrogens is 272 g/mol. The summed E-state index contributed by atoms with van der Waals surface area (Å²) in [6.07, 6.45) is 0. The molecule has 0 radical (unpaired) electrons.